The maximum atomic E-state index is 12.5. The van der Waals surface area contributed by atoms with E-state index >= 15 is 0 Å². The number of fused-ring (bicyclic) bond motifs is 1. The number of aryl methyl sites for hydroxylation is 1. The fourth-order valence-corrected chi connectivity index (χ4v) is 3.32. The number of rotatable bonds is 5. The Morgan fingerprint density at radius 1 is 1.48 bits per heavy atom. The van der Waals surface area contributed by atoms with Gasteiger partial charge in [-0.25, -0.2) is 13.7 Å². The number of thiazole rings is 1. The SMILES string of the molecule is CCOC(=O)c1cnn2cc(-c3cccn(CCF)c3=O)sc12. The Bertz CT molecular complexity index is 912. The van der Waals surface area contributed by atoms with Crippen molar-refractivity contribution in [3.8, 4) is 10.4 Å². The van der Waals surface area contributed by atoms with Gasteiger partial charge < -0.3 is 9.30 Å². The zero-order valence-electron chi connectivity index (χ0n) is 12.4. The first-order chi connectivity index (χ1) is 11.2. The smallest absolute Gasteiger partial charge is 0.342 e. The summed E-state index contributed by atoms with van der Waals surface area (Å²) >= 11 is 1.27. The van der Waals surface area contributed by atoms with E-state index in [4.69, 9.17) is 4.74 Å². The van der Waals surface area contributed by atoms with Gasteiger partial charge in [-0.1, -0.05) is 0 Å². The molecule has 0 radical (unpaired) electrons. The molecule has 3 rings (SSSR count). The molecule has 120 valence electrons. The van der Waals surface area contributed by atoms with Crippen LogP contribution in [0.3, 0.4) is 0 Å². The Balaban J connectivity index is 2.07. The van der Waals surface area contributed by atoms with Crippen LogP contribution in [0.25, 0.3) is 15.3 Å². The molecule has 0 amide bonds. The van der Waals surface area contributed by atoms with E-state index in [2.05, 4.69) is 5.10 Å². The van der Waals surface area contributed by atoms with Gasteiger partial charge >= 0.3 is 5.97 Å². The minimum Gasteiger partial charge on any atom is -0.462 e. The molecule has 0 atom stereocenters. The van der Waals surface area contributed by atoms with Crippen molar-refractivity contribution in [2.24, 2.45) is 0 Å². The number of nitrogens with zero attached hydrogens (tertiary/aromatic N) is 3. The van der Waals surface area contributed by atoms with Gasteiger partial charge in [-0.2, -0.15) is 5.10 Å². The van der Waals surface area contributed by atoms with Crippen molar-refractivity contribution in [3.05, 3.63) is 46.6 Å². The largest absolute Gasteiger partial charge is 0.462 e. The van der Waals surface area contributed by atoms with Crippen molar-refractivity contribution in [1.29, 1.82) is 0 Å². The van der Waals surface area contributed by atoms with Crippen LogP contribution in [0.1, 0.15) is 17.3 Å². The standard InChI is InChI=1S/C15H14FN3O3S/c1-2-22-15(21)11-8-17-19-9-12(23-14(11)19)10-4-3-6-18(7-5-16)13(10)20/h3-4,6,8-9H,2,5,7H2,1H3. The monoisotopic (exact) mass is 335 g/mol. The number of carbonyl (C=O) groups excluding carboxylic acids is 1. The second-order valence-electron chi connectivity index (χ2n) is 4.73. The van der Waals surface area contributed by atoms with Crippen molar-refractivity contribution in [1.82, 2.24) is 14.2 Å². The van der Waals surface area contributed by atoms with Crippen molar-refractivity contribution in [2.45, 2.75) is 13.5 Å². The van der Waals surface area contributed by atoms with Gasteiger partial charge in [0, 0.05) is 12.4 Å². The van der Waals surface area contributed by atoms with Crippen LogP contribution in [-0.2, 0) is 11.3 Å². The van der Waals surface area contributed by atoms with Gasteiger partial charge in [0.25, 0.3) is 5.56 Å². The van der Waals surface area contributed by atoms with Gasteiger partial charge in [0.15, 0.2) is 0 Å². The summed E-state index contributed by atoms with van der Waals surface area (Å²) in [6.45, 7) is 1.42. The quantitative estimate of drug-likeness (QED) is 0.672. The third kappa shape index (κ3) is 2.77. The Kier molecular flexibility index (Phi) is 4.24. The van der Waals surface area contributed by atoms with Gasteiger partial charge in [0.2, 0.25) is 0 Å². The molecular formula is C15H14FN3O3S. The maximum absolute atomic E-state index is 12.5. The second kappa shape index (κ2) is 6.33. The van der Waals surface area contributed by atoms with E-state index in [0.29, 0.717) is 20.8 Å². The molecule has 0 spiro atoms. The summed E-state index contributed by atoms with van der Waals surface area (Å²) in [4.78, 5) is 25.5. The molecule has 23 heavy (non-hydrogen) atoms. The molecule has 3 aromatic rings. The van der Waals surface area contributed by atoms with Crippen LogP contribution in [-0.4, -0.2) is 33.4 Å². The van der Waals surface area contributed by atoms with Crippen molar-refractivity contribution in [2.75, 3.05) is 13.3 Å². The highest BCUT2D eigenvalue weighted by Crippen LogP contribution is 2.28. The van der Waals surface area contributed by atoms with Crippen LogP contribution in [0.2, 0.25) is 0 Å². The molecule has 0 N–H and O–H groups in total. The van der Waals surface area contributed by atoms with Gasteiger partial charge in [-0.3, -0.25) is 4.79 Å². The zero-order valence-corrected chi connectivity index (χ0v) is 13.2. The van der Waals surface area contributed by atoms with Crippen molar-refractivity contribution in [3.63, 3.8) is 0 Å². The molecule has 0 aliphatic carbocycles. The molecular weight excluding hydrogens is 321 g/mol. The summed E-state index contributed by atoms with van der Waals surface area (Å²) in [7, 11) is 0. The first-order valence-electron chi connectivity index (χ1n) is 7.05. The third-order valence-electron chi connectivity index (χ3n) is 3.30. The van der Waals surface area contributed by atoms with E-state index in [9.17, 15) is 14.0 Å². The van der Waals surface area contributed by atoms with Crippen molar-refractivity contribution >= 4 is 22.1 Å². The molecule has 0 unspecified atom stereocenters. The van der Waals surface area contributed by atoms with Crippen LogP contribution >= 0.6 is 11.3 Å². The minimum atomic E-state index is -0.607. The first kappa shape index (κ1) is 15.4. The van der Waals surface area contributed by atoms with E-state index in [1.165, 1.54) is 26.6 Å². The Morgan fingerprint density at radius 2 is 2.30 bits per heavy atom. The normalized spacial score (nSPS) is 11.0. The zero-order chi connectivity index (χ0) is 16.4. The third-order valence-corrected chi connectivity index (χ3v) is 4.45. The molecule has 0 bridgehead atoms. The van der Waals surface area contributed by atoms with Crippen LogP contribution in [0.5, 0.6) is 0 Å². The summed E-state index contributed by atoms with van der Waals surface area (Å²) in [5.74, 6) is -0.446. The van der Waals surface area contributed by atoms with Crippen LogP contribution in [0.4, 0.5) is 4.39 Å². The number of halogens is 1. The molecule has 8 heteroatoms. The summed E-state index contributed by atoms with van der Waals surface area (Å²) in [5, 5.41) is 4.11. The van der Waals surface area contributed by atoms with Gasteiger partial charge in [-0.05, 0) is 19.1 Å². The van der Waals surface area contributed by atoms with Gasteiger partial charge in [0.1, 0.15) is 17.1 Å². The molecule has 3 aromatic heterocycles. The molecule has 3 heterocycles. The Morgan fingerprint density at radius 3 is 3.04 bits per heavy atom. The highest BCUT2D eigenvalue weighted by atomic mass is 32.1. The Hall–Kier alpha value is -2.48. The predicted octanol–water partition coefficient (Wildman–Crippen LogP) is 2.37. The minimum absolute atomic E-state index is 0.0171. The molecule has 0 saturated carbocycles. The number of pyridine rings is 1. The summed E-state index contributed by atoms with van der Waals surface area (Å²) in [5.41, 5.74) is 0.543. The van der Waals surface area contributed by atoms with Crippen LogP contribution in [0, 0.1) is 0 Å². The average Bonchev–Trinajstić information content (AvgIpc) is 3.10. The number of esters is 1. The lowest BCUT2D eigenvalue weighted by Crippen LogP contribution is -2.21. The van der Waals surface area contributed by atoms with Crippen molar-refractivity contribution < 1.29 is 13.9 Å². The summed E-state index contributed by atoms with van der Waals surface area (Å²) in [6.07, 6.45) is 4.67. The average molecular weight is 335 g/mol. The number of ether oxygens (including phenoxy) is 1. The van der Waals surface area contributed by atoms with Crippen LogP contribution in [0.15, 0.2) is 35.5 Å². The fourth-order valence-electron chi connectivity index (χ4n) is 2.25. The molecule has 0 saturated heterocycles. The predicted molar refractivity (Wildman–Crippen MR) is 84.7 cm³/mol. The second-order valence-corrected chi connectivity index (χ2v) is 5.76. The Labute approximate surface area is 134 Å². The number of alkyl halides is 1. The molecule has 6 nitrogen and oxygen atoms in total. The number of hydrogen-bond acceptors (Lipinski definition) is 5. The highest BCUT2D eigenvalue weighted by molar-refractivity contribution is 7.21. The molecule has 0 aliphatic heterocycles. The highest BCUT2D eigenvalue weighted by Gasteiger charge is 2.18. The van der Waals surface area contributed by atoms with E-state index < -0.39 is 12.6 Å². The molecule has 0 aliphatic rings. The summed E-state index contributed by atoms with van der Waals surface area (Å²) in [6, 6.07) is 3.37. The topological polar surface area (TPSA) is 65.6 Å². The lowest BCUT2D eigenvalue weighted by molar-refractivity contribution is 0.0529. The number of aromatic nitrogens is 3. The fraction of sp³-hybridized carbons (Fsp3) is 0.267. The maximum Gasteiger partial charge on any atom is 0.342 e. The number of hydrogen-bond donors (Lipinski definition) is 0. The van der Waals surface area contributed by atoms with E-state index in [0.717, 1.165) is 0 Å². The van der Waals surface area contributed by atoms with Gasteiger partial charge in [0.05, 0.1) is 29.8 Å². The molecule has 0 fully saturated rings. The van der Waals surface area contributed by atoms with E-state index in [-0.39, 0.29) is 18.7 Å². The van der Waals surface area contributed by atoms with E-state index in [1.807, 2.05) is 0 Å². The summed E-state index contributed by atoms with van der Waals surface area (Å²) < 4.78 is 20.4. The molecule has 0 aromatic carbocycles. The lowest BCUT2D eigenvalue weighted by atomic mass is 10.2. The van der Waals surface area contributed by atoms with E-state index in [1.54, 1.807) is 31.5 Å². The first-order valence-corrected chi connectivity index (χ1v) is 7.87. The van der Waals surface area contributed by atoms with Crippen LogP contribution < -0.4 is 5.56 Å². The lowest BCUT2D eigenvalue weighted by Gasteiger charge is -2.03. The number of carbonyl (C=O) groups is 1. The van der Waals surface area contributed by atoms with Gasteiger partial charge in [-0.15, -0.1) is 11.3 Å².